The third-order valence-electron chi connectivity index (χ3n) is 5.84. The molecule has 1 aliphatic heterocycles. The summed E-state index contributed by atoms with van der Waals surface area (Å²) in [5.41, 5.74) is 5.18. The Bertz CT molecular complexity index is 1230. The first-order valence-electron chi connectivity index (χ1n) is 11.7. The van der Waals surface area contributed by atoms with Crippen LogP contribution < -0.4 is 15.1 Å². The van der Waals surface area contributed by atoms with Crippen LogP contribution in [0.25, 0.3) is 22.4 Å². The minimum Gasteiger partial charge on any atom is -0.378 e. The van der Waals surface area contributed by atoms with Crippen molar-refractivity contribution >= 4 is 34.3 Å². The van der Waals surface area contributed by atoms with Gasteiger partial charge in [0, 0.05) is 49.8 Å². The zero-order valence-corrected chi connectivity index (χ0v) is 19.8. The van der Waals surface area contributed by atoms with Crippen LogP contribution in [-0.2, 0) is 4.74 Å². The van der Waals surface area contributed by atoms with Crippen LogP contribution in [0.3, 0.4) is 0 Å². The second-order valence-corrected chi connectivity index (χ2v) is 8.95. The maximum absolute atomic E-state index is 5.45. The summed E-state index contributed by atoms with van der Waals surface area (Å²) in [4.78, 5) is 26.1. The molecule has 0 amide bonds. The lowest BCUT2D eigenvalue weighted by Gasteiger charge is -2.28. The summed E-state index contributed by atoms with van der Waals surface area (Å²) in [6.45, 7) is 8.71. The zero-order valence-electron chi connectivity index (χ0n) is 19.8. The average Bonchev–Trinajstić information content (AvgIpc) is 3.33. The molecule has 9 nitrogen and oxygen atoms in total. The van der Waals surface area contributed by atoms with E-state index in [2.05, 4.69) is 68.1 Å². The highest BCUT2D eigenvalue weighted by Gasteiger charge is 2.15. The topological polar surface area (TPSA) is 95.1 Å². The standard InChI is InChI=1S/C25H30N8O/c1-17(2)15-32(3)21-9-4-18(14-26-21)22-23-24(28-16-27-23)31-25(30-22)29-19-5-7-20(8-6-19)33-10-12-34-13-11-33/h4-9,14,16-17H,10-13,15H2,1-3H3,(H2,27,28,29,30,31). The number of H-pyrrole nitrogens is 1. The average molecular weight is 459 g/mol. The van der Waals surface area contributed by atoms with Gasteiger partial charge in [-0.3, -0.25) is 0 Å². The van der Waals surface area contributed by atoms with Gasteiger partial charge in [-0.05, 0) is 42.3 Å². The number of ether oxygens (including phenoxy) is 1. The second kappa shape index (κ2) is 9.64. The van der Waals surface area contributed by atoms with Crippen LogP contribution >= 0.6 is 0 Å². The molecule has 0 atom stereocenters. The number of nitrogens with one attached hydrogen (secondary N) is 2. The van der Waals surface area contributed by atoms with E-state index in [1.165, 1.54) is 5.69 Å². The summed E-state index contributed by atoms with van der Waals surface area (Å²) in [6, 6.07) is 12.4. The lowest BCUT2D eigenvalue weighted by Crippen LogP contribution is -2.36. The Morgan fingerprint density at radius 1 is 1.06 bits per heavy atom. The van der Waals surface area contributed by atoms with Crippen LogP contribution in [0.15, 0.2) is 48.9 Å². The largest absolute Gasteiger partial charge is 0.378 e. The number of nitrogens with zero attached hydrogens (tertiary/aromatic N) is 6. The van der Waals surface area contributed by atoms with E-state index in [4.69, 9.17) is 9.72 Å². The molecular formula is C25H30N8O. The van der Waals surface area contributed by atoms with Crippen molar-refractivity contribution in [2.24, 2.45) is 5.92 Å². The van der Waals surface area contributed by atoms with E-state index in [1.54, 1.807) is 6.33 Å². The molecule has 1 fully saturated rings. The van der Waals surface area contributed by atoms with E-state index in [9.17, 15) is 0 Å². The van der Waals surface area contributed by atoms with Gasteiger partial charge in [0.2, 0.25) is 5.95 Å². The number of morpholine rings is 1. The van der Waals surface area contributed by atoms with Crippen molar-refractivity contribution in [2.75, 3.05) is 55.0 Å². The third kappa shape index (κ3) is 4.79. The number of hydrogen-bond donors (Lipinski definition) is 2. The minimum absolute atomic E-state index is 0.495. The van der Waals surface area contributed by atoms with E-state index in [0.717, 1.165) is 61.1 Å². The maximum Gasteiger partial charge on any atom is 0.229 e. The summed E-state index contributed by atoms with van der Waals surface area (Å²) in [6.07, 6.45) is 3.50. The summed E-state index contributed by atoms with van der Waals surface area (Å²) in [5, 5.41) is 3.33. The fourth-order valence-corrected chi connectivity index (χ4v) is 4.20. The van der Waals surface area contributed by atoms with E-state index in [0.29, 0.717) is 17.5 Å². The minimum atomic E-state index is 0.495. The molecule has 34 heavy (non-hydrogen) atoms. The van der Waals surface area contributed by atoms with Crippen molar-refractivity contribution < 1.29 is 4.74 Å². The second-order valence-electron chi connectivity index (χ2n) is 8.95. The van der Waals surface area contributed by atoms with Gasteiger partial charge < -0.3 is 24.8 Å². The highest BCUT2D eigenvalue weighted by atomic mass is 16.5. The van der Waals surface area contributed by atoms with Crippen LogP contribution in [-0.4, -0.2) is 64.8 Å². The quantitative estimate of drug-likeness (QED) is 0.428. The third-order valence-corrected chi connectivity index (χ3v) is 5.84. The van der Waals surface area contributed by atoms with Gasteiger partial charge in [0.05, 0.1) is 19.5 Å². The number of anilines is 4. The van der Waals surface area contributed by atoms with Crippen molar-refractivity contribution in [1.82, 2.24) is 24.9 Å². The molecule has 4 aromatic rings. The van der Waals surface area contributed by atoms with Gasteiger partial charge >= 0.3 is 0 Å². The lowest BCUT2D eigenvalue weighted by molar-refractivity contribution is 0.122. The first kappa shape index (κ1) is 22.1. The van der Waals surface area contributed by atoms with Crippen LogP contribution in [0.5, 0.6) is 0 Å². The molecule has 0 radical (unpaired) electrons. The number of pyridine rings is 1. The summed E-state index contributed by atoms with van der Waals surface area (Å²) in [7, 11) is 2.06. The molecule has 5 rings (SSSR count). The molecule has 0 aliphatic carbocycles. The van der Waals surface area contributed by atoms with Gasteiger partial charge in [0.25, 0.3) is 0 Å². The van der Waals surface area contributed by atoms with Gasteiger partial charge in [-0.1, -0.05) is 13.8 Å². The number of fused-ring (bicyclic) bond motifs is 1. The molecule has 0 unspecified atom stereocenters. The molecule has 0 spiro atoms. The van der Waals surface area contributed by atoms with E-state index in [1.807, 2.05) is 30.5 Å². The predicted molar refractivity (Wildman–Crippen MR) is 136 cm³/mol. The molecule has 1 aromatic carbocycles. The first-order chi connectivity index (χ1) is 16.6. The Kier molecular flexibility index (Phi) is 6.27. The summed E-state index contributed by atoms with van der Waals surface area (Å²) in [5.74, 6) is 2.00. The van der Waals surface area contributed by atoms with Crippen molar-refractivity contribution in [3.8, 4) is 11.3 Å². The van der Waals surface area contributed by atoms with Gasteiger partial charge in [-0.2, -0.15) is 4.98 Å². The Hall–Kier alpha value is -3.72. The SMILES string of the molecule is CC(C)CN(C)c1ccc(-c2nc(Nc3ccc(N4CCOCC4)cc3)nc3nc[nH]c23)cn1. The number of benzene rings is 1. The van der Waals surface area contributed by atoms with Gasteiger partial charge in [0.15, 0.2) is 5.65 Å². The Balaban J connectivity index is 1.39. The normalized spacial score (nSPS) is 14.1. The Morgan fingerprint density at radius 3 is 2.56 bits per heavy atom. The molecule has 2 N–H and O–H groups in total. The van der Waals surface area contributed by atoms with E-state index in [-0.39, 0.29) is 0 Å². The highest BCUT2D eigenvalue weighted by molar-refractivity contribution is 5.88. The number of aromatic nitrogens is 5. The van der Waals surface area contributed by atoms with Gasteiger partial charge in [-0.15, -0.1) is 0 Å². The molecule has 3 aromatic heterocycles. The number of aromatic amines is 1. The van der Waals surface area contributed by atoms with Gasteiger partial charge in [-0.25, -0.2) is 15.0 Å². The molecule has 176 valence electrons. The summed E-state index contributed by atoms with van der Waals surface area (Å²) < 4.78 is 5.45. The van der Waals surface area contributed by atoms with Crippen molar-refractivity contribution in [3.63, 3.8) is 0 Å². The van der Waals surface area contributed by atoms with Crippen molar-refractivity contribution in [3.05, 3.63) is 48.9 Å². The van der Waals surface area contributed by atoms with Crippen LogP contribution in [0.4, 0.5) is 23.1 Å². The fourth-order valence-electron chi connectivity index (χ4n) is 4.20. The lowest BCUT2D eigenvalue weighted by atomic mass is 10.1. The highest BCUT2D eigenvalue weighted by Crippen LogP contribution is 2.27. The molecule has 0 bridgehead atoms. The predicted octanol–water partition coefficient (Wildman–Crippen LogP) is 4.09. The van der Waals surface area contributed by atoms with Crippen LogP contribution in [0, 0.1) is 5.92 Å². The molecule has 1 saturated heterocycles. The molecule has 0 saturated carbocycles. The van der Waals surface area contributed by atoms with Crippen molar-refractivity contribution in [1.29, 1.82) is 0 Å². The van der Waals surface area contributed by atoms with Crippen LogP contribution in [0.1, 0.15) is 13.8 Å². The fraction of sp³-hybridized carbons (Fsp3) is 0.360. The zero-order chi connectivity index (χ0) is 23.5. The van der Waals surface area contributed by atoms with Crippen molar-refractivity contribution in [2.45, 2.75) is 13.8 Å². The molecule has 9 heteroatoms. The Morgan fingerprint density at radius 2 is 1.85 bits per heavy atom. The number of rotatable bonds is 7. The van der Waals surface area contributed by atoms with Crippen LogP contribution in [0.2, 0.25) is 0 Å². The van der Waals surface area contributed by atoms with Gasteiger partial charge in [0.1, 0.15) is 17.0 Å². The van der Waals surface area contributed by atoms with E-state index >= 15 is 0 Å². The molecule has 4 heterocycles. The molecule has 1 aliphatic rings. The smallest absolute Gasteiger partial charge is 0.229 e. The first-order valence-corrected chi connectivity index (χ1v) is 11.7. The number of hydrogen-bond acceptors (Lipinski definition) is 8. The maximum atomic E-state index is 5.45. The summed E-state index contributed by atoms with van der Waals surface area (Å²) >= 11 is 0. The monoisotopic (exact) mass is 458 g/mol. The molecular weight excluding hydrogens is 428 g/mol. The van der Waals surface area contributed by atoms with E-state index < -0.39 is 0 Å². The number of imidazole rings is 1. The Labute approximate surface area is 199 Å².